The van der Waals surface area contributed by atoms with Crippen LogP contribution in [0, 0.1) is 6.07 Å². The van der Waals surface area contributed by atoms with Crippen LogP contribution in [0.15, 0.2) is 12.1 Å². The summed E-state index contributed by atoms with van der Waals surface area (Å²) in [6.07, 6.45) is 0. The van der Waals surface area contributed by atoms with E-state index in [0.717, 1.165) is 0 Å². The van der Waals surface area contributed by atoms with E-state index in [1.165, 1.54) is 0 Å². The van der Waals surface area contributed by atoms with Crippen LogP contribution in [0.2, 0.25) is 26.7 Å². The van der Waals surface area contributed by atoms with E-state index in [1.54, 1.807) is 6.07 Å². The van der Waals surface area contributed by atoms with Crippen LogP contribution in [0.5, 0.6) is 5.75 Å². The molecule has 0 aliphatic heterocycles. The van der Waals surface area contributed by atoms with E-state index in [4.69, 9.17) is 27.6 Å². The van der Waals surface area contributed by atoms with Crippen LogP contribution >= 0.6 is 23.2 Å². The average Bonchev–Trinajstić information content (AvgIpc) is 2.29. The average molecular weight is 325 g/mol. The Labute approximate surface area is 146 Å². The molecule has 0 atom stereocenters. The Kier molecular flexibility index (Phi) is 8.32. The summed E-state index contributed by atoms with van der Waals surface area (Å²) in [5.41, 5.74) is 1.52. The molecular formula is C15H23Cl2LiOSi. The number of benzene rings is 1. The van der Waals surface area contributed by atoms with E-state index in [0.29, 0.717) is 32.4 Å². The molecule has 0 aliphatic rings. The van der Waals surface area contributed by atoms with Gasteiger partial charge in [0.05, 0.1) is 0 Å². The van der Waals surface area contributed by atoms with Crippen molar-refractivity contribution >= 4 is 31.5 Å². The van der Waals surface area contributed by atoms with Crippen LogP contribution in [0.3, 0.4) is 0 Å². The molecule has 0 amide bonds. The largest absolute Gasteiger partial charge is 1.00 e. The van der Waals surface area contributed by atoms with E-state index >= 15 is 0 Å². The first-order valence-corrected chi connectivity index (χ1v) is 9.67. The quantitative estimate of drug-likeness (QED) is 0.596. The molecule has 0 heterocycles. The van der Waals surface area contributed by atoms with Crippen molar-refractivity contribution in [2.45, 2.75) is 58.2 Å². The summed E-state index contributed by atoms with van der Waals surface area (Å²) in [5, 5.41) is 0.904. The Morgan fingerprint density at radius 2 is 1.45 bits per heavy atom. The molecule has 0 saturated carbocycles. The third-order valence-corrected chi connectivity index (χ3v) is 10.6. The van der Waals surface area contributed by atoms with Gasteiger partial charge in [0.1, 0.15) is 0 Å². The van der Waals surface area contributed by atoms with Gasteiger partial charge in [0.15, 0.2) is 0 Å². The van der Waals surface area contributed by atoms with E-state index in [2.05, 4.69) is 47.6 Å². The van der Waals surface area contributed by atoms with Gasteiger partial charge in [-0.15, -0.1) is 17.7 Å². The molecule has 20 heavy (non-hydrogen) atoms. The maximum absolute atomic E-state index is 6.50. The van der Waals surface area contributed by atoms with Gasteiger partial charge in [0.25, 0.3) is 8.32 Å². The minimum absolute atomic E-state index is 0. The predicted octanol–water partition coefficient (Wildman–Crippen LogP) is 3.35. The third kappa shape index (κ3) is 3.99. The zero-order chi connectivity index (χ0) is 14.8. The normalized spacial score (nSPS) is 11.9. The van der Waals surface area contributed by atoms with Gasteiger partial charge in [0.2, 0.25) is 0 Å². The standard InChI is InChI=1S/C15H23Cl2OSi.Li/c1-10(2)19(11(3)4,12(5)6)18-14-9-7-8-13(16)15(14)17;/h7,9-12H,1-6H3;/q-1;+1. The van der Waals surface area contributed by atoms with Crippen molar-refractivity contribution in [3.63, 3.8) is 0 Å². The second kappa shape index (κ2) is 8.15. The molecule has 0 unspecified atom stereocenters. The van der Waals surface area contributed by atoms with Gasteiger partial charge in [-0.05, 0) is 21.6 Å². The number of rotatable bonds is 5. The molecule has 0 aromatic heterocycles. The molecule has 108 valence electrons. The minimum atomic E-state index is -1.98. The first-order valence-electron chi connectivity index (χ1n) is 6.78. The Hall–Kier alpha value is 0.414. The van der Waals surface area contributed by atoms with Crippen LogP contribution in [-0.2, 0) is 0 Å². The van der Waals surface area contributed by atoms with Gasteiger partial charge >= 0.3 is 18.9 Å². The second-order valence-corrected chi connectivity index (χ2v) is 12.0. The van der Waals surface area contributed by atoms with E-state index in [-0.39, 0.29) is 18.9 Å². The zero-order valence-electron chi connectivity index (χ0n) is 13.6. The summed E-state index contributed by atoms with van der Waals surface area (Å²) in [4.78, 5) is 0. The van der Waals surface area contributed by atoms with Crippen molar-refractivity contribution in [2.24, 2.45) is 0 Å². The summed E-state index contributed by atoms with van der Waals surface area (Å²) in [5.74, 6) is 0.702. The van der Waals surface area contributed by atoms with Crippen LogP contribution in [0.25, 0.3) is 0 Å². The maximum Gasteiger partial charge on any atom is 1.00 e. The number of halogens is 2. The first kappa shape index (κ1) is 20.4. The molecule has 0 spiro atoms. The Morgan fingerprint density at radius 1 is 1.00 bits per heavy atom. The van der Waals surface area contributed by atoms with Crippen LogP contribution in [-0.4, -0.2) is 8.32 Å². The minimum Gasteiger partial charge on any atom is -0.562 e. The molecule has 0 N–H and O–H groups in total. The fourth-order valence-corrected chi connectivity index (χ4v) is 8.69. The topological polar surface area (TPSA) is 9.23 Å². The van der Waals surface area contributed by atoms with Gasteiger partial charge in [-0.2, -0.15) is 23.7 Å². The molecule has 1 rings (SSSR count). The first-order chi connectivity index (χ1) is 8.73. The molecule has 0 saturated heterocycles. The second-order valence-electron chi connectivity index (χ2n) is 5.89. The maximum atomic E-state index is 6.50. The van der Waals surface area contributed by atoms with E-state index < -0.39 is 8.32 Å². The molecule has 0 bridgehead atoms. The molecule has 0 fully saturated rings. The van der Waals surface area contributed by atoms with Gasteiger partial charge in [-0.25, -0.2) is 0 Å². The van der Waals surface area contributed by atoms with Crippen LogP contribution in [0.1, 0.15) is 41.5 Å². The molecule has 5 heteroatoms. The fourth-order valence-electron chi connectivity index (χ4n) is 3.06. The van der Waals surface area contributed by atoms with Crippen molar-refractivity contribution in [3.05, 3.63) is 28.2 Å². The summed E-state index contributed by atoms with van der Waals surface area (Å²) >= 11 is 12.3. The molecule has 0 aliphatic carbocycles. The summed E-state index contributed by atoms with van der Waals surface area (Å²) in [6.45, 7) is 13.5. The molecule has 0 radical (unpaired) electrons. The summed E-state index contributed by atoms with van der Waals surface area (Å²) in [6, 6.07) is 6.51. The molecular weight excluding hydrogens is 302 g/mol. The predicted molar refractivity (Wildman–Crippen MR) is 87.0 cm³/mol. The zero-order valence-corrected chi connectivity index (χ0v) is 16.1. The third-order valence-electron chi connectivity index (χ3n) is 3.85. The Balaban J connectivity index is 0.00000361. The molecule has 1 aromatic rings. The monoisotopic (exact) mass is 324 g/mol. The van der Waals surface area contributed by atoms with Crippen molar-refractivity contribution in [2.75, 3.05) is 0 Å². The van der Waals surface area contributed by atoms with Crippen molar-refractivity contribution < 1.29 is 23.3 Å². The van der Waals surface area contributed by atoms with Crippen molar-refractivity contribution in [1.82, 2.24) is 0 Å². The SMILES string of the molecule is CC(C)[Si](Oc1cc[c-]c(Cl)c1Cl)(C(C)C)C(C)C.[Li+]. The molecule has 1 aromatic carbocycles. The van der Waals surface area contributed by atoms with Crippen molar-refractivity contribution in [1.29, 1.82) is 0 Å². The Morgan fingerprint density at radius 3 is 1.85 bits per heavy atom. The smallest absolute Gasteiger partial charge is 0.562 e. The van der Waals surface area contributed by atoms with Gasteiger partial charge in [0, 0.05) is 5.75 Å². The van der Waals surface area contributed by atoms with Crippen LogP contribution < -0.4 is 23.3 Å². The van der Waals surface area contributed by atoms with Crippen LogP contribution in [0.4, 0.5) is 0 Å². The summed E-state index contributed by atoms with van der Waals surface area (Å²) in [7, 11) is -1.98. The molecule has 1 nitrogen and oxygen atoms in total. The van der Waals surface area contributed by atoms with Gasteiger partial charge in [-0.3, -0.25) is 0 Å². The van der Waals surface area contributed by atoms with E-state index in [9.17, 15) is 0 Å². The van der Waals surface area contributed by atoms with Gasteiger partial charge < -0.3 is 4.43 Å². The van der Waals surface area contributed by atoms with E-state index in [1.807, 2.05) is 6.07 Å². The number of hydrogen-bond donors (Lipinski definition) is 0. The fraction of sp³-hybridized carbons (Fsp3) is 0.600. The van der Waals surface area contributed by atoms with Crippen molar-refractivity contribution in [3.8, 4) is 5.75 Å². The van der Waals surface area contributed by atoms with Gasteiger partial charge in [-0.1, -0.05) is 46.6 Å². The Bertz CT molecular complexity index is 414. The summed E-state index contributed by atoms with van der Waals surface area (Å²) < 4.78 is 6.50. The number of hydrogen-bond acceptors (Lipinski definition) is 1.